The van der Waals surface area contributed by atoms with Gasteiger partial charge in [0.15, 0.2) is 6.20 Å². The normalized spacial score (nSPS) is 12.0. The summed E-state index contributed by atoms with van der Waals surface area (Å²) in [7, 11) is 1.94. The lowest BCUT2D eigenvalue weighted by molar-refractivity contribution is -0.730. The molecule has 0 aliphatic heterocycles. The number of nitrogens with one attached hydrogen (secondary N) is 1. The molecule has 11 heavy (non-hydrogen) atoms. The van der Waals surface area contributed by atoms with Crippen LogP contribution in [-0.4, -0.2) is 10.3 Å². The van der Waals surface area contributed by atoms with E-state index in [4.69, 9.17) is 0 Å². The zero-order valence-corrected chi connectivity index (χ0v) is 7.68. The largest absolute Gasteiger partial charge is 0.218 e. The Morgan fingerprint density at radius 2 is 2.18 bits per heavy atom. The molecule has 0 spiro atoms. The van der Waals surface area contributed by atoms with Crippen molar-refractivity contribution in [3.05, 3.63) is 11.9 Å². The summed E-state index contributed by atoms with van der Waals surface area (Å²) in [5, 5.41) is 7.00. The van der Waals surface area contributed by atoms with Gasteiger partial charge in [0.05, 0.1) is 0 Å². The van der Waals surface area contributed by atoms with Gasteiger partial charge in [-0.3, -0.25) is 0 Å². The van der Waals surface area contributed by atoms with E-state index in [0.717, 1.165) is 12.1 Å². The molecule has 0 fully saturated rings. The van der Waals surface area contributed by atoms with Gasteiger partial charge in [-0.15, -0.1) is 0 Å². The second-order valence-corrected chi connectivity index (χ2v) is 4.18. The SMILES string of the molecule is C[n+]1cc(CC(C)(C)C)n[nH]1. The highest BCUT2D eigenvalue weighted by Gasteiger charge is 2.17. The highest BCUT2D eigenvalue weighted by molar-refractivity contribution is 4.91. The Morgan fingerprint density at radius 1 is 1.55 bits per heavy atom. The van der Waals surface area contributed by atoms with E-state index >= 15 is 0 Å². The van der Waals surface area contributed by atoms with Crippen LogP contribution in [0.2, 0.25) is 0 Å². The first kappa shape index (κ1) is 8.24. The monoisotopic (exact) mass is 154 g/mol. The lowest BCUT2D eigenvalue weighted by Crippen LogP contribution is -2.28. The minimum absolute atomic E-state index is 0.322. The molecule has 0 saturated heterocycles. The number of hydrogen-bond donors (Lipinski definition) is 1. The average molecular weight is 154 g/mol. The Hall–Kier alpha value is -0.860. The first-order valence-corrected chi connectivity index (χ1v) is 3.87. The molecular formula is C8H16N3+. The molecule has 0 atom stereocenters. The van der Waals surface area contributed by atoms with E-state index in [9.17, 15) is 0 Å². The van der Waals surface area contributed by atoms with Crippen LogP contribution in [0.25, 0.3) is 0 Å². The van der Waals surface area contributed by atoms with Crippen molar-refractivity contribution in [3.63, 3.8) is 0 Å². The van der Waals surface area contributed by atoms with Crippen molar-refractivity contribution in [2.24, 2.45) is 12.5 Å². The molecule has 0 aliphatic carbocycles. The van der Waals surface area contributed by atoms with E-state index in [0.29, 0.717) is 5.41 Å². The minimum Gasteiger partial charge on any atom is -0.166 e. The van der Waals surface area contributed by atoms with Crippen molar-refractivity contribution >= 4 is 0 Å². The number of H-pyrrole nitrogens is 1. The molecule has 1 aromatic rings. The predicted molar refractivity (Wildman–Crippen MR) is 42.9 cm³/mol. The lowest BCUT2D eigenvalue weighted by Gasteiger charge is -2.12. The van der Waals surface area contributed by atoms with Crippen LogP contribution in [0.1, 0.15) is 26.5 Å². The number of aryl methyl sites for hydroxylation is 1. The van der Waals surface area contributed by atoms with Crippen LogP contribution >= 0.6 is 0 Å². The van der Waals surface area contributed by atoms with Gasteiger partial charge in [0.2, 0.25) is 5.69 Å². The molecule has 1 N–H and O–H groups in total. The molecule has 0 radical (unpaired) electrons. The van der Waals surface area contributed by atoms with Crippen molar-refractivity contribution in [1.29, 1.82) is 0 Å². The number of hydrogen-bond acceptors (Lipinski definition) is 1. The van der Waals surface area contributed by atoms with Gasteiger partial charge in [0, 0.05) is 11.5 Å². The first-order valence-electron chi connectivity index (χ1n) is 3.87. The number of aromatic nitrogens is 3. The standard InChI is InChI=1S/C8H15N3/c1-8(2,3)5-7-6-11(4)10-9-7/h6H,5H2,1-4H3/p+1. The van der Waals surface area contributed by atoms with Gasteiger partial charge in [-0.25, -0.2) is 0 Å². The van der Waals surface area contributed by atoms with Crippen LogP contribution in [0.4, 0.5) is 0 Å². The van der Waals surface area contributed by atoms with Crippen LogP contribution in [0.3, 0.4) is 0 Å². The maximum atomic E-state index is 4.14. The van der Waals surface area contributed by atoms with Gasteiger partial charge < -0.3 is 0 Å². The van der Waals surface area contributed by atoms with E-state index < -0.39 is 0 Å². The summed E-state index contributed by atoms with van der Waals surface area (Å²) >= 11 is 0. The molecule has 1 aromatic heterocycles. The van der Waals surface area contributed by atoms with Crippen LogP contribution < -0.4 is 4.68 Å². The summed E-state index contributed by atoms with van der Waals surface area (Å²) in [6.45, 7) is 6.63. The van der Waals surface area contributed by atoms with Crippen molar-refractivity contribution in [2.45, 2.75) is 27.2 Å². The van der Waals surface area contributed by atoms with E-state index in [-0.39, 0.29) is 0 Å². The topological polar surface area (TPSA) is 32.6 Å². The van der Waals surface area contributed by atoms with Gasteiger partial charge >= 0.3 is 0 Å². The fourth-order valence-corrected chi connectivity index (χ4v) is 1.05. The third kappa shape index (κ3) is 2.70. The van der Waals surface area contributed by atoms with Gasteiger partial charge in [0.1, 0.15) is 7.05 Å². The van der Waals surface area contributed by atoms with Crippen molar-refractivity contribution in [1.82, 2.24) is 10.3 Å². The lowest BCUT2D eigenvalue weighted by atomic mass is 9.91. The molecule has 0 saturated carbocycles. The van der Waals surface area contributed by atoms with Crippen molar-refractivity contribution in [3.8, 4) is 0 Å². The Morgan fingerprint density at radius 3 is 2.55 bits per heavy atom. The molecule has 0 aromatic carbocycles. The van der Waals surface area contributed by atoms with Crippen molar-refractivity contribution in [2.75, 3.05) is 0 Å². The highest BCUT2D eigenvalue weighted by atomic mass is 15.4. The third-order valence-electron chi connectivity index (χ3n) is 1.41. The molecule has 1 rings (SSSR count). The molecule has 3 nitrogen and oxygen atoms in total. The highest BCUT2D eigenvalue weighted by Crippen LogP contribution is 2.17. The molecule has 3 heteroatoms. The van der Waals surface area contributed by atoms with Crippen LogP contribution in [0.5, 0.6) is 0 Å². The molecule has 0 bridgehead atoms. The number of rotatable bonds is 1. The first-order chi connectivity index (χ1) is 4.97. The van der Waals surface area contributed by atoms with Crippen molar-refractivity contribution < 1.29 is 4.68 Å². The van der Waals surface area contributed by atoms with E-state index in [1.807, 2.05) is 17.9 Å². The number of nitrogens with zero attached hydrogens (tertiary/aromatic N) is 2. The molecule has 62 valence electrons. The van der Waals surface area contributed by atoms with Gasteiger partial charge in [-0.2, -0.15) is 4.68 Å². The maximum absolute atomic E-state index is 4.14. The van der Waals surface area contributed by atoms with Crippen LogP contribution in [0.15, 0.2) is 6.20 Å². The summed E-state index contributed by atoms with van der Waals surface area (Å²) in [6, 6.07) is 0. The van der Waals surface area contributed by atoms with Crippen LogP contribution in [-0.2, 0) is 13.5 Å². The summed E-state index contributed by atoms with van der Waals surface area (Å²) < 4.78 is 1.86. The molecule has 0 unspecified atom stereocenters. The quantitative estimate of drug-likeness (QED) is 0.597. The average Bonchev–Trinajstić information content (AvgIpc) is 2.10. The van der Waals surface area contributed by atoms with E-state index in [1.54, 1.807) is 0 Å². The van der Waals surface area contributed by atoms with Gasteiger partial charge in [-0.05, 0) is 5.41 Å². The Kier molecular flexibility index (Phi) is 1.98. The van der Waals surface area contributed by atoms with E-state index in [2.05, 4.69) is 31.1 Å². The summed E-state index contributed by atoms with van der Waals surface area (Å²) in [5.41, 5.74) is 1.45. The zero-order valence-electron chi connectivity index (χ0n) is 7.68. The Labute approximate surface area is 67.4 Å². The fourth-order valence-electron chi connectivity index (χ4n) is 1.05. The Balaban J connectivity index is 2.65. The predicted octanol–water partition coefficient (Wildman–Crippen LogP) is 0.823. The number of aromatic amines is 1. The summed E-state index contributed by atoms with van der Waals surface area (Å²) in [6.07, 6.45) is 3.04. The van der Waals surface area contributed by atoms with Crippen LogP contribution in [0, 0.1) is 5.41 Å². The maximum Gasteiger partial charge on any atom is 0.218 e. The Bertz CT molecular complexity index is 232. The second-order valence-electron chi connectivity index (χ2n) is 4.18. The molecule has 0 amide bonds. The zero-order chi connectivity index (χ0) is 8.48. The van der Waals surface area contributed by atoms with Gasteiger partial charge in [-0.1, -0.05) is 26.0 Å². The molecule has 0 aliphatic rings. The molecule has 1 heterocycles. The second kappa shape index (κ2) is 2.64. The summed E-state index contributed by atoms with van der Waals surface area (Å²) in [5.74, 6) is 0. The molecular weight excluding hydrogens is 138 g/mol. The van der Waals surface area contributed by atoms with E-state index in [1.165, 1.54) is 0 Å². The van der Waals surface area contributed by atoms with Gasteiger partial charge in [0.25, 0.3) is 0 Å². The fraction of sp³-hybridized carbons (Fsp3) is 0.750. The minimum atomic E-state index is 0.322. The summed E-state index contributed by atoms with van der Waals surface area (Å²) in [4.78, 5) is 0. The smallest absolute Gasteiger partial charge is 0.166 e. The third-order valence-corrected chi connectivity index (χ3v) is 1.41.